The maximum atomic E-state index is 4.74. The lowest BCUT2D eigenvalue weighted by Crippen LogP contribution is -2.49. The van der Waals surface area contributed by atoms with Gasteiger partial charge in [0.2, 0.25) is 0 Å². The van der Waals surface area contributed by atoms with E-state index in [1.54, 1.807) is 0 Å². The van der Waals surface area contributed by atoms with E-state index < -0.39 is 0 Å². The lowest BCUT2D eigenvalue weighted by atomic mass is 10.1. The molecule has 0 radical (unpaired) electrons. The van der Waals surface area contributed by atoms with Gasteiger partial charge in [-0.3, -0.25) is 4.99 Å². The Balaban J connectivity index is 0.00000240. The van der Waals surface area contributed by atoms with E-state index in [2.05, 4.69) is 73.9 Å². The summed E-state index contributed by atoms with van der Waals surface area (Å²) in [7, 11) is 1.84. The van der Waals surface area contributed by atoms with E-state index >= 15 is 0 Å². The summed E-state index contributed by atoms with van der Waals surface area (Å²) < 4.78 is 2.10. The van der Waals surface area contributed by atoms with E-state index in [9.17, 15) is 0 Å². The van der Waals surface area contributed by atoms with Gasteiger partial charge in [-0.1, -0.05) is 6.07 Å². The monoisotopic (exact) mass is 524 g/mol. The molecular weight excluding hydrogens is 495 g/mol. The van der Waals surface area contributed by atoms with Crippen LogP contribution < -0.4 is 15.5 Å². The number of aliphatic imine (C=N–C) groups is 1. The number of piperidine rings is 1. The minimum atomic E-state index is 0. The number of anilines is 1. The van der Waals surface area contributed by atoms with Crippen molar-refractivity contribution >= 4 is 51.9 Å². The van der Waals surface area contributed by atoms with Crippen LogP contribution in [0.3, 0.4) is 0 Å². The molecule has 0 aliphatic carbocycles. The zero-order valence-corrected chi connectivity index (χ0v) is 20.1. The molecule has 156 valence electrons. The van der Waals surface area contributed by atoms with Crippen LogP contribution in [-0.4, -0.2) is 48.1 Å². The SMILES string of the molecule is CN=C(NCCc1cn2cccc(C)c2n1)NC1CCN(c2cccs2)CC1.I. The van der Waals surface area contributed by atoms with Crippen LogP contribution in [-0.2, 0) is 6.42 Å². The van der Waals surface area contributed by atoms with E-state index in [-0.39, 0.29) is 24.0 Å². The molecule has 0 spiro atoms. The molecule has 4 heterocycles. The number of aromatic nitrogens is 2. The summed E-state index contributed by atoms with van der Waals surface area (Å²) in [5.74, 6) is 0.884. The average molecular weight is 524 g/mol. The fourth-order valence-corrected chi connectivity index (χ4v) is 4.50. The molecule has 0 saturated carbocycles. The quantitative estimate of drug-likeness (QED) is 0.304. The Morgan fingerprint density at radius 2 is 2.10 bits per heavy atom. The first-order chi connectivity index (χ1) is 13.7. The summed E-state index contributed by atoms with van der Waals surface area (Å²) in [5.41, 5.74) is 3.34. The number of halogens is 1. The summed E-state index contributed by atoms with van der Waals surface area (Å²) in [6, 6.07) is 8.96. The lowest BCUT2D eigenvalue weighted by Gasteiger charge is -2.33. The van der Waals surface area contributed by atoms with E-state index in [1.807, 2.05) is 18.4 Å². The molecule has 29 heavy (non-hydrogen) atoms. The molecule has 8 heteroatoms. The molecule has 2 N–H and O–H groups in total. The topological polar surface area (TPSA) is 57.0 Å². The van der Waals surface area contributed by atoms with Gasteiger partial charge >= 0.3 is 0 Å². The first kappa shape index (κ1) is 21.9. The minimum absolute atomic E-state index is 0. The van der Waals surface area contributed by atoms with E-state index in [0.717, 1.165) is 56.2 Å². The summed E-state index contributed by atoms with van der Waals surface area (Å²) in [5, 5.41) is 10.6. The molecule has 0 unspecified atom stereocenters. The van der Waals surface area contributed by atoms with Crippen molar-refractivity contribution < 1.29 is 0 Å². The van der Waals surface area contributed by atoms with Crippen LogP contribution in [0.5, 0.6) is 0 Å². The highest BCUT2D eigenvalue weighted by Gasteiger charge is 2.20. The van der Waals surface area contributed by atoms with Gasteiger partial charge in [0.05, 0.1) is 10.7 Å². The molecule has 6 nitrogen and oxygen atoms in total. The fraction of sp³-hybridized carbons (Fsp3) is 0.429. The molecular formula is C21H29IN6S. The number of nitrogens with one attached hydrogen (secondary N) is 2. The first-order valence-electron chi connectivity index (χ1n) is 9.92. The zero-order valence-electron chi connectivity index (χ0n) is 17.0. The molecule has 1 saturated heterocycles. The Morgan fingerprint density at radius 3 is 2.79 bits per heavy atom. The van der Waals surface area contributed by atoms with Gasteiger partial charge in [-0.25, -0.2) is 4.98 Å². The number of hydrogen-bond acceptors (Lipinski definition) is 4. The van der Waals surface area contributed by atoms with Gasteiger partial charge in [0.15, 0.2) is 5.96 Å². The van der Waals surface area contributed by atoms with Crippen molar-refractivity contribution in [2.24, 2.45) is 4.99 Å². The second kappa shape index (κ2) is 10.3. The normalized spacial score (nSPS) is 15.4. The Kier molecular flexibility index (Phi) is 7.77. The number of guanidine groups is 1. The minimum Gasteiger partial charge on any atom is -0.363 e. The van der Waals surface area contributed by atoms with Crippen LogP contribution >= 0.6 is 35.3 Å². The standard InChI is InChI=1S/C21H28N6S.HI/c1-16-5-3-11-27-15-18(24-20(16)27)7-10-23-21(22-2)25-17-8-12-26(13-9-17)19-6-4-14-28-19;/h3-6,11,14-15,17H,7-10,12-13H2,1-2H3,(H2,22,23,25);1H. The van der Waals surface area contributed by atoms with Crippen LogP contribution in [0.4, 0.5) is 5.00 Å². The maximum Gasteiger partial charge on any atom is 0.191 e. The van der Waals surface area contributed by atoms with Crippen molar-refractivity contribution in [2.75, 3.05) is 31.6 Å². The van der Waals surface area contributed by atoms with Crippen LogP contribution in [0, 0.1) is 6.92 Å². The molecule has 1 aliphatic heterocycles. The predicted octanol–water partition coefficient (Wildman–Crippen LogP) is 3.70. The van der Waals surface area contributed by atoms with Gasteiger partial charge in [-0.2, -0.15) is 0 Å². The van der Waals surface area contributed by atoms with E-state index in [1.165, 1.54) is 10.6 Å². The van der Waals surface area contributed by atoms with Crippen molar-refractivity contribution in [1.82, 2.24) is 20.0 Å². The van der Waals surface area contributed by atoms with Crippen LogP contribution in [0.2, 0.25) is 0 Å². The van der Waals surface area contributed by atoms with Crippen LogP contribution in [0.1, 0.15) is 24.1 Å². The third-order valence-corrected chi connectivity index (χ3v) is 6.21. The van der Waals surface area contributed by atoms with E-state index in [4.69, 9.17) is 4.98 Å². The third-order valence-electron chi connectivity index (χ3n) is 5.28. The van der Waals surface area contributed by atoms with Crippen molar-refractivity contribution in [2.45, 2.75) is 32.2 Å². The predicted molar refractivity (Wildman–Crippen MR) is 133 cm³/mol. The average Bonchev–Trinajstić information content (AvgIpc) is 3.38. The first-order valence-corrected chi connectivity index (χ1v) is 10.8. The summed E-state index contributed by atoms with van der Waals surface area (Å²) in [6.07, 6.45) is 7.29. The van der Waals surface area contributed by atoms with E-state index in [0.29, 0.717) is 6.04 Å². The van der Waals surface area contributed by atoms with Crippen LogP contribution in [0.25, 0.3) is 5.65 Å². The Morgan fingerprint density at radius 1 is 1.28 bits per heavy atom. The summed E-state index contributed by atoms with van der Waals surface area (Å²) >= 11 is 1.82. The smallest absolute Gasteiger partial charge is 0.191 e. The molecule has 0 atom stereocenters. The number of aryl methyl sites for hydroxylation is 1. The molecule has 0 amide bonds. The summed E-state index contributed by atoms with van der Waals surface area (Å²) in [4.78, 5) is 11.6. The molecule has 3 aromatic heterocycles. The number of fused-ring (bicyclic) bond motifs is 1. The second-order valence-electron chi connectivity index (χ2n) is 7.26. The number of pyridine rings is 1. The highest BCUT2D eigenvalue weighted by molar-refractivity contribution is 14.0. The number of imidazole rings is 1. The number of nitrogens with zero attached hydrogens (tertiary/aromatic N) is 4. The Labute approximate surface area is 193 Å². The number of hydrogen-bond donors (Lipinski definition) is 2. The molecule has 0 aromatic carbocycles. The molecule has 1 aliphatic rings. The van der Waals surface area contributed by atoms with Crippen molar-refractivity contribution in [3.63, 3.8) is 0 Å². The second-order valence-corrected chi connectivity index (χ2v) is 8.19. The fourth-order valence-electron chi connectivity index (χ4n) is 3.72. The van der Waals surface area contributed by atoms with Crippen LogP contribution in [0.15, 0.2) is 47.0 Å². The zero-order chi connectivity index (χ0) is 19.3. The van der Waals surface area contributed by atoms with Crippen molar-refractivity contribution in [1.29, 1.82) is 0 Å². The number of thiophene rings is 1. The molecule has 3 aromatic rings. The van der Waals surface area contributed by atoms with Gasteiger partial charge < -0.3 is 19.9 Å². The van der Waals surface area contributed by atoms with Gasteiger partial charge in [0, 0.05) is 51.5 Å². The lowest BCUT2D eigenvalue weighted by molar-refractivity contribution is 0.463. The van der Waals surface area contributed by atoms with Gasteiger partial charge in [0.25, 0.3) is 0 Å². The number of rotatable bonds is 5. The molecule has 4 rings (SSSR count). The molecule has 0 bridgehead atoms. The molecule has 1 fully saturated rings. The summed E-state index contributed by atoms with van der Waals surface area (Å²) in [6.45, 7) is 5.10. The largest absolute Gasteiger partial charge is 0.363 e. The third kappa shape index (κ3) is 5.42. The maximum absolute atomic E-state index is 4.74. The Hall–Kier alpha value is -1.81. The van der Waals surface area contributed by atoms with Gasteiger partial charge in [-0.15, -0.1) is 35.3 Å². The van der Waals surface area contributed by atoms with Gasteiger partial charge in [-0.05, 0) is 48.9 Å². The van der Waals surface area contributed by atoms with Crippen molar-refractivity contribution in [3.8, 4) is 0 Å². The van der Waals surface area contributed by atoms with Gasteiger partial charge in [0.1, 0.15) is 5.65 Å². The highest BCUT2D eigenvalue weighted by Crippen LogP contribution is 2.24. The van der Waals surface area contributed by atoms with Crippen molar-refractivity contribution in [3.05, 3.63) is 53.3 Å². The Bertz CT molecular complexity index is 928. The highest BCUT2D eigenvalue weighted by atomic mass is 127.